The zero-order valence-electron chi connectivity index (χ0n) is 11.0. The number of hydrogen-bond acceptors (Lipinski definition) is 3. The van der Waals surface area contributed by atoms with E-state index in [4.69, 9.17) is 0 Å². The van der Waals surface area contributed by atoms with E-state index < -0.39 is 0 Å². The smallest absolute Gasteiger partial charge is 0.0240 e. The van der Waals surface area contributed by atoms with Crippen molar-refractivity contribution in [3.63, 3.8) is 0 Å². The van der Waals surface area contributed by atoms with Crippen molar-refractivity contribution in [2.45, 2.75) is 33.2 Å². The molecule has 0 saturated heterocycles. The Bertz CT molecular complexity index is 140. The molecule has 0 spiro atoms. The lowest BCUT2D eigenvalue weighted by Gasteiger charge is -2.31. The molecule has 92 valence electrons. The zero-order valence-corrected chi connectivity index (χ0v) is 11.9. The van der Waals surface area contributed by atoms with Crippen molar-refractivity contribution in [3.05, 3.63) is 0 Å². The molecular weight excluding hydrogens is 204 g/mol. The molecule has 0 heterocycles. The van der Waals surface area contributed by atoms with Gasteiger partial charge in [0.05, 0.1) is 0 Å². The van der Waals surface area contributed by atoms with Gasteiger partial charge in [-0.3, -0.25) is 0 Å². The summed E-state index contributed by atoms with van der Waals surface area (Å²) in [7, 11) is 2.24. The second-order valence-corrected chi connectivity index (χ2v) is 5.47. The summed E-state index contributed by atoms with van der Waals surface area (Å²) in [4.78, 5) is 2.49. The first-order chi connectivity index (χ1) is 7.13. The molecule has 0 aliphatic heterocycles. The minimum Gasteiger partial charge on any atom is -0.315 e. The van der Waals surface area contributed by atoms with Gasteiger partial charge in [-0.1, -0.05) is 20.8 Å². The first-order valence-electron chi connectivity index (χ1n) is 6.03. The fourth-order valence-electron chi connectivity index (χ4n) is 1.73. The second-order valence-electron chi connectivity index (χ2n) is 4.49. The van der Waals surface area contributed by atoms with Gasteiger partial charge in [-0.05, 0) is 32.2 Å². The van der Waals surface area contributed by atoms with Gasteiger partial charge in [0.2, 0.25) is 0 Å². The third-order valence-electron chi connectivity index (χ3n) is 2.76. The van der Waals surface area contributed by atoms with Crippen LogP contribution in [0.4, 0.5) is 0 Å². The fraction of sp³-hybridized carbons (Fsp3) is 1.00. The van der Waals surface area contributed by atoms with Crippen molar-refractivity contribution in [1.82, 2.24) is 10.2 Å². The van der Waals surface area contributed by atoms with Gasteiger partial charge >= 0.3 is 0 Å². The standard InChI is InChI=1S/C12H28N2S/c1-6-7-13-10-12(11(2)3)14(4)8-9-15-5/h11-13H,6-10H2,1-5H3. The van der Waals surface area contributed by atoms with E-state index in [1.807, 2.05) is 11.8 Å². The van der Waals surface area contributed by atoms with Gasteiger partial charge in [0.1, 0.15) is 0 Å². The molecule has 0 fully saturated rings. The normalized spacial score (nSPS) is 13.8. The molecule has 0 aromatic heterocycles. The van der Waals surface area contributed by atoms with Gasteiger partial charge in [-0.15, -0.1) is 0 Å². The number of likely N-dealkylation sites (N-methyl/N-ethyl adjacent to an activating group) is 1. The molecule has 0 radical (unpaired) electrons. The molecule has 15 heavy (non-hydrogen) atoms. The third-order valence-corrected chi connectivity index (χ3v) is 3.35. The Morgan fingerprint density at radius 1 is 1.33 bits per heavy atom. The highest BCUT2D eigenvalue weighted by atomic mass is 32.2. The topological polar surface area (TPSA) is 15.3 Å². The summed E-state index contributed by atoms with van der Waals surface area (Å²) in [5.41, 5.74) is 0. The molecule has 1 N–H and O–H groups in total. The van der Waals surface area contributed by atoms with Crippen molar-refractivity contribution in [3.8, 4) is 0 Å². The van der Waals surface area contributed by atoms with Crippen LogP contribution in [0.5, 0.6) is 0 Å². The summed E-state index contributed by atoms with van der Waals surface area (Å²) in [6.07, 6.45) is 3.40. The highest BCUT2D eigenvalue weighted by Crippen LogP contribution is 2.09. The first kappa shape index (κ1) is 15.3. The van der Waals surface area contributed by atoms with Crippen LogP contribution in [0.25, 0.3) is 0 Å². The van der Waals surface area contributed by atoms with Crippen molar-refractivity contribution < 1.29 is 0 Å². The summed E-state index contributed by atoms with van der Waals surface area (Å²) in [5.74, 6) is 1.95. The molecule has 0 rings (SSSR count). The number of nitrogens with zero attached hydrogens (tertiary/aromatic N) is 1. The van der Waals surface area contributed by atoms with Gasteiger partial charge in [0.15, 0.2) is 0 Å². The number of nitrogens with one attached hydrogen (secondary N) is 1. The maximum atomic E-state index is 3.53. The van der Waals surface area contributed by atoms with Crippen LogP contribution in [0.2, 0.25) is 0 Å². The van der Waals surface area contributed by atoms with Gasteiger partial charge in [-0.2, -0.15) is 11.8 Å². The number of hydrogen-bond donors (Lipinski definition) is 1. The Morgan fingerprint density at radius 2 is 2.00 bits per heavy atom. The van der Waals surface area contributed by atoms with Gasteiger partial charge in [0, 0.05) is 24.9 Å². The van der Waals surface area contributed by atoms with Crippen LogP contribution in [0.1, 0.15) is 27.2 Å². The average Bonchev–Trinajstić information content (AvgIpc) is 2.20. The van der Waals surface area contributed by atoms with Crippen LogP contribution >= 0.6 is 11.8 Å². The van der Waals surface area contributed by atoms with Crippen LogP contribution in [0.15, 0.2) is 0 Å². The number of rotatable bonds is 9. The monoisotopic (exact) mass is 232 g/mol. The van der Waals surface area contributed by atoms with Crippen LogP contribution in [0, 0.1) is 5.92 Å². The maximum Gasteiger partial charge on any atom is 0.0240 e. The van der Waals surface area contributed by atoms with E-state index in [1.54, 1.807) is 0 Å². The Hall–Kier alpha value is 0.270. The molecule has 1 atom stereocenters. The van der Waals surface area contributed by atoms with Gasteiger partial charge in [0.25, 0.3) is 0 Å². The van der Waals surface area contributed by atoms with E-state index in [0.717, 1.165) is 19.0 Å². The van der Waals surface area contributed by atoms with Crippen molar-refractivity contribution in [2.75, 3.05) is 38.7 Å². The highest BCUT2D eigenvalue weighted by Gasteiger charge is 2.17. The van der Waals surface area contributed by atoms with Crippen LogP contribution in [-0.4, -0.2) is 49.6 Å². The van der Waals surface area contributed by atoms with Crippen LogP contribution in [-0.2, 0) is 0 Å². The van der Waals surface area contributed by atoms with Gasteiger partial charge < -0.3 is 10.2 Å². The van der Waals surface area contributed by atoms with E-state index in [-0.39, 0.29) is 0 Å². The molecule has 0 aliphatic rings. The number of thioether (sulfide) groups is 1. The third kappa shape index (κ3) is 7.20. The predicted molar refractivity (Wildman–Crippen MR) is 72.8 cm³/mol. The zero-order chi connectivity index (χ0) is 11.7. The van der Waals surface area contributed by atoms with Crippen LogP contribution < -0.4 is 5.32 Å². The van der Waals surface area contributed by atoms with E-state index in [1.165, 1.54) is 18.7 Å². The Balaban J connectivity index is 3.89. The summed E-state index contributed by atoms with van der Waals surface area (Å²) in [6, 6.07) is 0.670. The lowest BCUT2D eigenvalue weighted by Crippen LogP contribution is -2.44. The molecule has 0 bridgehead atoms. The minimum absolute atomic E-state index is 0.670. The van der Waals surface area contributed by atoms with E-state index in [0.29, 0.717) is 6.04 Å². The Labute approximate surface area is 100 Å². The summed E-state index contributed by atoms with van der Waals surface area (Å²) in [6.45, 7) is 10.3. The lowest BCUT2D eigenvalue weighted by atomic mass is 10.0. The fourth-order valence-corrected chi connectivity index (χ4v) is 2.20. The summed E-state index contributed by atoms with van der Waals surface area (Å²) >= 11 is 1.93. The molecule has 0 saturated carbocycles. The van der Waals surface area contributed by atoms with Crippen molar-refractivity contribution in [2.24, 2.45) is 5.92 Å². The average molecular weight is 232 g/mol. The van der Waals surface area contributed by atoms with Crippen molar-refractivity contribution in [1.29, 1.82) is 0 Å². The molecule has 2 nitrogen and oxygen atoms in total. The molecule has 0 aromatic rings. The van der Waals surface area contributed by atoms with E-state index in [2.05, 4.69) is 44.3 Å². The lowest BCUT2D eigenvalue weighted by molar-refractivity contribution is 0.197. The molecule has 0 amide bonds. The highest BCUT2D eigenvalue weighted by molar-refractivity contribution is 7.98. The SMILES string of the molecule is CCCNCC(C(C)C)N(C)CCSC. The van der Waals surface area contributed by atoms with E-state index >= 15 is 0 Å². The first-order valence-corrected chi connectivity index (χ1v) is 7.42. The second kappa shape index (κ2) is 9.49. The Morgan fingerprint density at radius 3 is 2.47 bits per heavy atom. The van der Waals surface area contributed by atoms with Crippen molar-refractivity contribution >= 4 is 11.8 Å². The summed E-state index contributed by atoms with van der Waals surface area (Å²) < 4.78 is 0. The molecule has 1 unspecified atom stereocenters. The Kier molecular flexibility index (Phi) is 9.66. The molecule has 0 aliphatic carbocycles. The molecule has 0 aromatic carbocycles. The van der Waals surface area contributed by atoms with E-state index in [9.17, 15) is 0 Å². The van der Waals surface area contributed by atoms with Gasteiger partial charge in [-0.25, -0.2) is 0 Å². The molecule has 3 heteroatoms. The van der Waals surface area contributed by atoms with Crippen LogP contribution in [0.3, 0.4) is 0 Å². The maximum absolute atomic E-state index is 3.53. The largest absolute Gasteiger partial charge is 0.315 e. The molecular formula is C12H28N2S. The summed E-state index contributed by atoms with van der Waals surface area (Å²) in [5, 5.41) is 3.53. The predicted octanol–water partition coefficient (Wildman–Crippen LogP) is 2.31. The quantitative estimate of drug-likeness (QED) is 0.614. The minimum atomic E-state index is 0.670.